The van der Waals surface area contributed by atoms with Crippen LogP contribution in [0.25, 0.3) is 22.3 Å². The smallest absolute Gasteiger partial charge is 0.269 e. The van der Waals surface area contributed by atoms with Crippen molar-refractivity contribution in [3.05, 3.63) is 105 Å². The van der Waals surface area contributed by atoms with E-state index in [1.54, 1.807) is 48.7 Å². The van der Waals surface area contributed by atoms with E-state index in [0.29, 0.717) is 26.2 Å². The number of thiophene rings is 1. The first-order valence-corrected chi connectivity index (χ1v) is 9.86. The molecule has 4 nitrogen and oxygen atoms in total. The Morgan fingerprint density at radius 3 is 2.38 bits per heavy atom. The fourth-order valence-corrected chi connectivity index (χ4v) is 3.92. The molecule has 2 heterocycles. The lowest BCUT2D eigenvalue weighted by molar-refractivity contribution is 0.0967. The van der Waals surface area contributed by atoms with Crippen molar-refractivity contribution in [3.8, 4) is 16.3 Å². The molecule has 0 spiro atoms. The van der Waals surface area contributed by atoms with E-state index in [0.717, 1.165) is 4.57 Å². The molecule has 0 aliphatic heterocycles. The van der Waals surface area contributed by atoms with Gasteiger partial charge >= 0.3 is 5.69 Å². The van der Waals surface area contributed by atoms with Crippen molar-refractivity contribution in [2.45, 2.75) is 0 Å². The first-order chi connectivity index (χ1) is 14.0. The van der Waals surface area contributed by atoms with E-state index in [4.69, 9.17) is 11.6 Å². The normalized spacial score (nSPS) is 11.2. The van der Waals surface area contributed by atoms with Crippen molar-refractivity contribution in [2.75, 3.05) is 0 Å². The topological polar surface area (TPSA) is 44.0 Å². The van der Waals surface area contributed by atoms with Crippen molar-refractivity contribution >= 4 is 34.9 Å². The summed E-state index contributed by atoms with van der Waals surface area (Å²) < 4.78 is 16.1. The molecule has 0 fully saturated rings. The van der Waals surface area contributed by atoms with Crippen LogP contribution in [0.4, 0.5) is 4.39 Å². The Hall–Kier alpha value is -3.22. The van der Waals surface area contributed by atoms with Gasteiger partial charge in [0.1, 0.15) is 5.82 Å². The van der Waals surface area contributed by atoms with Gasteiger partial charge in [0.25, 0.3) is 5.91 Å². The van der Waals surface area contributed by atoms with Gasteiger partial charge in [0.2, 0.25) is 0 Å². The molecule has 0 amide bonds. The number of rotatable bonds is 4. The summed E-state index contributed by atoms with van der Waals surface area (Å²) in [6.07, 6.45) is 4.46. The standard InChI is InChI=1S/C22H14ClFN2O2S/c23-20-12-11-19(29-20)18-14-25(17-4-2-1-3-5-17)22(28)26(18)21(27)13-8-15-6-9-16(24)10-7-15/h1-14H/b13-8+. The zero-order chi connectivity index (χ0) is 20.4. The first kappa shape index (κ1) is 19.1. The van der Waals surface area contributed by atoms with Crippen LogP contribution in [-0.4, -0.2) is 15.0 Å². The van der Waals surface area contributed by atoms with Gasteiger partial charge in [0, 0.05) is 12.3 Å². The lowest BCUT2D eigenvalue weighted by Gasteiger charge is -2.01. The van der Waals surface area contributed by atoms with Crippen molar-refractivity contribution in [2.24, 2.45) is 0 Å². The monoisotopic (exact) mass is 424 g/mol. The van der Waals surface area contributed by atoms with E-state index in [9.17, 15) is 14.0 Å². The van der Waals surface area contributed by atoms with Gasteiger partial charge in [-0.05, 0) is 48.0 Å². The highest BCUT2D eigenvalue weighted by atomic mass is 35.5. The first-order valence-electron chi connectivity index (χ1n) is 8.66. The number of halogens is 2. The lowest BCUT2D eigenvalue weighted by atomic mass is 10.2. The maximum Gasteiger partial charge on any atom is 0.340 e. The van der Waals surface area contributed by atoms with Crippen LogP contribution in [0.3, 0.4) is 0 Å². The molecule has 144 valence electrons. The quantitative estimate of drug-likeness (QED) is 0.405. The number of carbonyl (C=O) groups is 1. The molecular formula is C22H14ClFN2O2S. The largest absolute Gasteiger partial charge is 0.340 e. The Kier molecular flexibility index (Phi) is 5.29. The minimum absolute atomic E-state index is 0.360. The maximum absolute atomic E-state index is 13.1. The summed E-state index contributed by atoms with van der Waals surface area (Å²) in [4.78, 5) is 26.7. The predicted octanol–water partition coefficient (Wildman–Crippen LogP) is 5.51. The summed E-state index contributed by atoms with van der Waals surface area (Å²) >= 11 is 7.33. The van der Waals surface area contributed by atoms with E-state index < -0.39 is 11.6 Å². The molecule has 0 saturated carbocycles. The van der Waals surface area contributed by atoms with E-state index in [1.807, 2.05) is 18.2 Å². The van der Waals surface area contributed by atoms with Crippen molar-refractivity contribution < 1.29 is 9.18 Å². The zero-order valence-electron chi connectivity index (χ0n) is 15.0. The van der Waals surface area contributed by atoms with Gasteiger partial charge in [-0.1, -0.05) is 41.9 Å². The summed E-state index contributed by atoms with van der Waals surface area (Å²) in [5.74, 6) is -0.866. The van der Waals surface area contributed by atoms with Gasteiger partial charge in [-0.25, -0.2) is 13.8 Å². The number of hydrogen-bond donors (Lipinski definition) is 0. The number of benzene rings is 2. The predicted molar refractivity (Wildman–Crippen MR) is 114 cm³/mol. The highest BCUT2D eigenvalue weighted by Gasteiger charge is 2.19. The number of carbonyl (C=O) groups excluding carboxylic acids is 1. The second-order valence-corrected chi connectivity index (χ2v) is 7.88. The van der Waals surface area contributed by atoms with Gasteiger partial charge in [-0.2, -0.15) is 0 Å². The van der Waals surface area contributed by atoms with Crippen molar-refractivity contribution in [1.82, 2.24) is 9.13 Å². The maximum atomic E-state index is 13.1. The van der Waals surface area contributed by atoms with Crippen LogP contribution in [0, 0.1) is 5.82 Å². The van der Waals surface area contributed by atoms with Crippen LogP contribution in [0.15, 0.2) is 83.8 Å². The molecule has 2 aromatic carbocycles. The third kappa shape index (κ3) is 3.99. The number of nitrogens with zero attached hydrogens (tertiary/aromatic N) is 2. The molecule has 0 aliphatic carbocycles. The third-order valence-corrected chi connectivity index (χ3v) is 5.51. The molecule has 0 atom stereocenters. The molecule has 0 radical (unpaired) electrons. The lowest BCUT2D eigenvalue weighted by Crippen LogP contribution is -2.27. The van der Waals surface area contributed by atoms with Crippen LogP contribution in [0.5, 0.6) is 0 Å². The van der Waals surface area contributed by atoms with E-state index in [2.05, 4.69) is 0 Å². The Balaban J connectivity index is 1.80. The molecule has 0 saturated heterocycles. The summed E-state index contributed by atoms with van der Waals surface area (Å²) in [5.41, 5.74) is 1.26. The van der Waals surface area contributed by atoms with Gasteiger partial charge in [-0.3, -0.25) is 9.36 Å². The minimum Gasteiger partial charge on any atom is -0.269 e. The summed E-state index contributed by atoms with van der Waals surface area (Å²) in [5, 5.41) is 0. The van der Waals surface area contributed by atoms with Gasteiger partial charge < -0.3 is 0 Å². The average molecular weight is 425 g/mol. The van der Waals surface area contributed by atoms with E-state index in [-0.39, 0.29) is 5.82 Å². The molecule has 0 aliphatic rings. The van der Waals surface area contributed by atoms with E-state index in [1.165, 1.54) is 34.1 Å². The summed E-state index contributed by atoms with van der Waals surface area (Å²) in [6.45, 7) is 0. The van der Waals surface area contributed by atoms with Crippen LogP contribution in [0.1, 0.15) is 10.4 Å². The Bertz CT molecular complexity index is 1250. The Labute approximate surface area is 174 Å². The molecule has 0 N–H and O–H groups in total. The SMILES string of the molecule is O=C(/C=C/c1ccc(F)cc1)n1c(-c2ccc(Cl)s2)cn(-c2ccccc2)c1=O. The fourth-order valence-electron chi connectivity index (χ4n) is 2.87. The van der Waals surface area contributed by atoms with Crippen LogP contribution >= 0.6 is 22.9 Å². The number of allylic oxidation sites excluding steroid dienone is 1. The van der Waals surface area contributed by atoms with Gasteiger partial charge in [0.05, 0.1) is 20.6 Å². The Morgan fingerprint density at radius 2 is 1.72 bits per heavy atom. The van der Waals surface area contributed by atoms with Gasteiger partial charge in [-0.15, -0.1) is 11.3 Å². The van der Waals surface area contributed by atoms with Crippen LogP contribution in [0.2, 0.25) is 4.34 Å². The van der Waals surface area contributed by atoms with Crippen molar-refractivity contribution in [1.29, 1.82) is 0 Å². The third-order valence-electron chi connectivity index (χ3n) is 4.26. The molecule has 0 unspecified atom stereocenters. The highest BCUT2D eigenvalue weighted by Crippen LogP contribution is 2.31. The van der Waals surface area contributed by atoms with Crippen molar-refractivity contribution in [3.63, 3.8) is 0 Å². The summed E-state index contributed by atoms with van der Waals surface area (Å²) in [7, 11) is 0. The zero-order valence-corrected chi connectivity index (χ0v) is 16.5. The Morgan fingerprint density at radius 1 is 1.00 bits per heavy atom. The van der Waals surface area contributed by atoms with Gasteiger partial charge in [0.15, 0.2) is 0 Å². The second kappa shape index (κ2) is 8.03. The van der Waals surface area contributed by atoms with Crippen LogP contribution in [-0.2, 0) is 0 Å². The van der Waals surface area contributed by atoms with Crippen LogP contribution < -0.4 is 5.69 Å². The molecule has 29 heavy (non-hydrogen) atoms. The molecule has 4 aromatic rings. The van der Waals surface area contributed by atoms with E-state index >= 15 is 0 Å². The molecule has 4 rings (SSSR count). The average Bonchev–Trinajstić information content (AvgIpc) is 3.31. The molecule has 7 heteroatoms. The molecule has 2 aromatic heterocycles. The summed E-state index contributed by atoms with van der Waals surface area (Å²) in [6, 6.07) is 18.3. The second-order valence-electron chi connectivity index (χ2n) is 6.16. The number of hydrogen-bond acceptors (Lipinski definition) is 3. The molecule has 0 bridgehead atoms. The fraction of sp³-hybridized carbons (Fsp3) is 0. The minimum atomic E-state index is -0.506. The number of aromatic nitrogens is 2. The highest BCUT2D eigenvalue weighted by molar-refractivity contribution is 7.19. The number of para-hydroxylation sites is 1. The number of imidazole rings is 1. The molecular weight excluding hydrogens is 411 g/mol.